The van der Waals surface area contributed by atoms with Crippen LogP contribution in [0.2, 0.25) is 0 Å². The van der Waals surface area contributed by atoms with E-state index in [1.54, 1.807) is 73.7 Å². The molecule has 7 nitrogen and oxygen atoms in total. The maximum Gasteiger partial charge on any atom is 0.264 e. The minimum Gasteiger partial charge on any atom is -0.492 e. The zero-order valence-corrected chi connectivity index (χ0v) is 22.2. The molecular formula is C30H29FN2O5S. The minimum atomic E-state index is -4.06. The molecule has 202 valence electrons. The van der Waals surface area contributed by atoms with E-state index in [0.29, 0.717) is 24.7 Å². The fourth-order valence-electron chi connectivity index (χ4n) is 3.80. The van der Waals surface area contributed by atoms with Gasteiger partial charge in [0, 0.05) is 6.54 Å². The molecule has 1 N–H and O–H groups in total. The lowest BCUT2D eigenvalue weighted by atomic mass is 10.2. The number of carbonyl (C=O) groups excluding carboxylic acids is 1. The van der Waals surface area contributed by atoms with Crippen molar-refractivity contribution in [1.82, 2.24) is 5.32 Å². The largest absolute Gasteiger partial charge is 0.492 e. The van der Waals surface area contributed by atoms with Crippen LogP contribution in [0.4, 0.5) is 10.1 Å². The van der Waals surface area contributed by atoms with Gasteiger partial charge in [0.1, 0.15) is 30.5 Å². The smallest absolute Gasteiger partial charge is 0.264 e. The van der Waals surface area contributed by atoms with Gasteiger partial charge in [0.15, 0.2) is 0 Å². The van der Waals surface area contributed by atoms with E-state index in [1.807, 2.05) is 12.1 Å². The van der Waals surface area contributed by atoms with E-state index in [1.165, 1.54) is 24.3 Å². The average Bonchev–Trinajstić information content (AvgIpc) is 2.96. The Morgan fingerprint density at radius 1 is 0.821 bits per heavy atom. The van der Waals surface area contributed by atoms with E-state index in [-0.39, 0.29) is 22.9 Å². The molecule has 39 heavy (non-hydrogen) atoms. The number of hydrogen-bond donors (Lipinski definition) is 1. The molecule has 4 rings (SSSR count). The van der Waals surface area contributed by atoms with Crippen LogP contribution in [0.25, 0.3) is 0 Å². The highest BCUT2D eigenvalue weighted by atomic mass is 32.2. The van der Waals surface area contributed by atoms with Crippen LogP contribution in [-0.2, 0) is 28.0 Å². The third kappa shape index (κ3) is 7.36. The summed E-state index contributed by atoms with van der Waals surface area (Å²) >= 11 is 0. The van der Waals surface area contributed by atoms with E-state index >= 15 is 0 Å². The summed E-state index contributed by atoms with van der Waals surface area (Å²) in [5.74, 6) is 0.215. The summed E-state index contributed by atoms with van der Waals surface area (Å²) in [5.41, 5.74) is 1.93. The van der Waals surface area contributed by atoms with Crippen LogP contribution < -0.4 is 19.1 Å². The van der Waals surface area contributed by atoms with Crippen LogP contribution in [0.1, 0.15) is 18.1 Å². The maximum atomic E-state index is 13.6. The van der Waals surface area contributed by atoms with Crippen molar-refractivity contribution in [1.29, 1.82) is 0 Å². The number of hydrogen-bond acceptors (Lipinski definition) is 5. The second-order valence-corrected chi connectivity index (χ2v) is 10.4. The van der Waals surface area contributed by atoms with Gasteiger partial charge in [-0.2, -0.15) is 0 Å². The van der Waals surface area contributed by atoms with Crippen LogP contribution >= 0.6 is 0 Å². The Morgan fingerprint density at radius 2 is 1.46 bits per heavy atom. The second kappa shape index (κ2) is 12.9. The first-order chi connectivity index (χ1) is 18.9. The Labute approximate surface area is 227 Å². The van der Waals surface area contributed by atoms with Gasteiger partial charge in [-0.25, -0.2) is 12.8 Å². The van der Waals surface area contributed by atoms with Crippen molar-refractivity contribution in [2.45, 2.75) is 25.0 Å². The van der Waals surface area contributed by atoms with Gasteiger partial charge in [0.05, 0.1) is 17.2 Å². The van der Waals surface area contributed by atoms with Crippen LogP contribution in [0.5, 0.6) is 11.5 Å². The molecule has 0 saturated heterocycles. The van der Waals surface area contributed by atoms with Gasteiger partial charge in [-0.05, 0) is 66.6 Å². The fraction of sp³-hybridized carbons (Fsp3) is 0.167. The second-order valence-electron chi connectivity index (χ2n) is 8.56. The number of carbonyl (C=O) groups is 1. The predicted octanol–water partition coefficient (Wildman–Crippen LogP) is 5.32. The van der Waals surface area contributed by atoms with E-state index < -0.39 is 22.5 Å². The van der Waals surface area contributed by atoms with Crippen molar-refractivity contribution in [3.05, 3.63) is 120 Å². The molecule has 4 aromatic rings. The number of para-hydroxylation sites is 2. The number of rotatable bonds is 12. The van der Waals surface area contributed by atoms with Gasteiger partial charge in [0.2, 0.25) is 5.91 Å². The molecule has 0 heterocycles. The lowest BCUT2D eigenvalue weighted by molar-refractivity contribution is -0.119. The minimum absolute atomic E-state index is 0.0697. The molecule has 0 aromatic heterocycles. The molecule has 0 aliphatic carbocycles. The highest BCUT2D eigenvalue weighted by molar-refractivity contribution is 7.92. The molecular weight excluding hydrogens is 519 g/mol. The Kier molecular flexibility index (Phi) is 9.17. The van der Waals surface area contributed by atoms with Crippen LogP contribution in [-0.4, -0.2) is 27.5 Å². The molecule has 0 spiro atoms. The topological polar surface area (TPSA) is 84.9 Å². The lowest BCUT2D eigenvalue weighted by Gasteiger charge is -2.26. The Balaban J connectivity index is 1.43. The fourth-order valence-corrected chi connectivity index (χ4v) is 5.25. The molecule has 1 amide bonds. The molecule has 0 radical (unpaired) electrons. The van der Waals surface area contributed by atoms with Gasteiger partial charge in [-0.3, -0.25) is 9.10 Å². The van der Waals surface area contributed by atoms with E-state index in [2.05, 4.69) is 5.32 Å². The van der Waals surface area contributed by atoms with E-state index in [0.717, 1.165) is 15.4 Å². The number of benzene rings is 4. The number of halogens is 1. The summed E-state index contributed by atoms with van der Waals surface area (Å²) in [6.07, 6.45) is 0. The zero-order chi connectivity index (χ0) is 27.7. The van der Waals surface area contributed by atoms with Crippen LogP contribution in [0.3, 0.4) is 0 Å². The van der Waals surface area contributed by atoms with Crippen LogP contribution in [0, 0.1) is 5.82 Å². The zero-order valence-electron chi connectivity index (χ0n) is 21.4. The average molecular weight is 549 g/mol. The molecule has 9 heteroatoms. The molecule has 0 aliphatic rings. The number of anilines is 1. The maximum absolute atomic E-state index is 13.6. The SMILES string of the molecule is CCOc1ccccc1N(CC(=O)NCc1ccc(OCc2ccc(F)cc2)cc1)S(=O)(=O)c1ccccc1. The van der Waals surface area contributed by atoms with Gasteiger partial charge < -0.3 is 14.8 Å². The van der Waals surface area contributed by atoms with E-state index in [4.69, 9.17) is 9.47 Å². The van der Waals surface area contributed by atoms with Gasteiger partial charge in [-0.15, -0.1) is 0 Å². The predicted molar refractivity (Wildman–Crippen MR) is 148 cm³/mol. The first-order valence-electron chi connectivity index (χ1n) is 12.4. The summed E-state index contributed by atoms with van der Waals surface area (Å²) in [6, 6.07) is 27.9. The summed E-state index contributed by atoms with van der Waals surface area (Å²) in [7, 11) is -4.06. The third-order valence-electron chi connectivity index (χ3n) is 5.78. The third-order valence-corrected chi connectivity index (χ3v) is 7.56. The van der Waals surface area contributed by atoms with Gasteiger partial charge >= 0.3 is 0 Å². The molecule has 4 aromatic carbocycles. The molecule has 0 saturated carbocycles. The molecule has 0 unspecified atom stereocenters. The normalized spacial score (nSPS) is 11.0. The Morgan fingerprint density at radius 3 is 2.15 bits per heavy atom. The number of ether oxygens (including phenoxy) is 2. The van der Waals surface area contributed by atoms with Crippen molar-refractivity contribution in [3.63, 3.8) is 0 Å². The highest BCUT2D eigenvalue weighted by Gasteiger charge is 2.29. The van der Waals surface area contributed by atoms with Crippen molar-refractivity contribution < 1.29 is 27.1 Å². The van der Waals surface area contributed by atoms with Crippen molar-refractivity contribution >= 4 is 21.6 Å². The Hall–Kier alpha value is -4.37. The summed E-state index contributed by atoms with van der Waals surface area (Å²) in [5, 5.41) is 2.79. The summed E-state index contributed by atoms with van der Waals surface area (Å²) in [6.45, 7) is 2.21. The van der Waals surface area contributed by atoms with Gasteiger partial charge in [-0.1, -0.05) is 54.6 Å². The van der Waals surface area contributed by atoms with Crippen LogP contribution in [0.15, 0.2) is 108 Å². The molecule has 0 atom stereocenters. The van der Waals surface area contributed by atoms with Gasteiger partial charge in [0.25, 0.3) is 10.0 Å². The summed E-state index contributed by atoms with van der Waals surface area (Å²) in [4.78, 5) is 13.1. The lowest BCUT2D eigenvalue weighted by Crippen LogP contribution is -2.40. The number of sulfonamides is 1. The molecule has 0 fully saturated rings. The van der Waals surface area contributed by atoms with E-state index in [9.17, 15) is 17.6 Å². The van der Waals surface area contributed by atoms with Crippen molar-refractivity contribution in [2.24, 2.45) is 0 Å². The standard InChI is InChI=1S/C30H29FN2O5S/c1-2-37-29-11-7-6-10-28(29)33(39(35,36)27-8-4-3-5-9-27)21-30(34)32-20-23-14-18-26(19-15-23)38-22-24-12-16-25(31)17-13-24/h3-19H,2,20-22H2,1H3,(H,32,34). The first kappa shape index (κ1) is 27.7. The van der Waals surface area contributed by atoms with Crippen molar-refractivity contribution in [3.8, 4) is 11.5 Å². The monoisotopic (exact) mass is 548 g/mol. The summed E-state index contributed by atoms with van der Waals surface area (Å²) < 4.78 is 52.7. The molecule has 0 bridgehead atoms. The Bertz CT molecular complexity index is 1480. The van der Waals surface area contributed by atoms with Crippen molar-refractivity contribution in [2.75, 3.05) is 17.5 Å². The number of nitrogens with one attached hydrogen (secondary N) is 1. The quantitative estimate of drug-likeness (QED) is 0.259. The first-order valence-corrected chi connectivity index (χ1v) is 13.8. The molecule has 0 aliphatic heterocycles. The number of nitrogens with zero attached hydrogens (tertiary/aromatic N) is 1. The highest BCUT2D eigenvalue weighted by Crippen LogP contribution is 2.32. The number of amides is 1.